The summed E-state index contributed by atoms with van der Waals surface area (Å²) >= 11 is 0. The lowest BCUT2D eigenvalue weighted by Crippen LogP contribution is -1.97. The minimum Gasteiger partial charge on any atom is -0.330 e. The summed E-state index contributed by atoms with van der Waals surface area (Å²) in [5.74, 6) is 0. The summed E-state index contributed by atoms with van der Waals surface area (Å²) in [4.78, 5) is 0. The van der Waals surface area contributed by atoms with Crippen molar-refractivity contribution in [2.75, 3.05) is 6.54 Å². The van der Waals surface area contributed by atoms with E-state index in [1.165, 1.54) is 57.8 Å². The summed E-state index contributed by atoms with van der Waals surface area (Å²) in [5.41, 5.74) is 5.41. The normalized spacial score (nSPS) is 10.2. The first-order chi connectivity index (χ1) is 6.41. The summed E-state index contributed by atoms with van der Waals surface area (Å²) in [6, 6.07) is 0. The number of rotatable bonds is 10. The standard InChI is InChI=1S/C12H25N/c1-2-3-4-5-6-7-8-9-10-11-12-13/h2H,1,3-13H2. The molecule has 0 bridgehead atoms. The summed E-state index contributed by atoms with van der Waals surface area (Å²) in [5, 5.41) is 0. The molecule has 0 rings (SSSR count). The molecule has 0 heterocycles. The van der Waals surface area contributed by atoms with Crippen LogP contribution in [0.3, 0.4) is 0 Å². The third-order valence-corrected chi connectivity index (χ3v) is 2.36. The Hall–Kier alpha value is -0.300. The van der Waals surface area contributed by atoms with Gasteiger partial charge in [0.05, 0.1) is 0 Å². The molecule has 1 nitrogen and oxygen atoms in total. The molecule has 0 aromatic rings. The fraction of sp³-hybridized carbons (Fsp3) is 0.833. The SMILES string of the molecule is C=CCCCCCCCCCCN. The van der Waals surface area contributed by atoms with E-state index < -0.39 is 0 Å². The fourth-order valence-electron chi connectivity index (χ4n) is 1.49. The van der Waals surface area contributed by atoms with E-state index in [1.807, 2.05) is 6.08 Å². The lowest BCUT2D eigenvalue weighted by molar-refractivity contribution is 0.572. The number of hydrogen-bond donors (Lipinski definition) is 1. The topological polar surface area (TPSA) is 26.0 Å². The van der Waals surface area contributed by atoms with Crippen molar-refractivity contribution >= 4 is 0 Å². The van der Waals surface area contributed by atoms with Crippen LogP contribution >= 0.6 is 0 Å². The number of unbranched alkanes of at least 4 members (excludes halogenated alkanes) is 8. The Labute approximate surface area is 83.4 Å². The van der Waals surface area contributed by atoms with Gasteiger partial charge in [0.15, 0.2) is 0 Å². The second-order valence-corrected chi connectivity index (χ2v) is 3.69. The molecule has 0 aliphatic rings. The van der Waals surface area contributed by atoms with E-state index in [0.29, 0.717) is 0 Å². The Morgan fingerprint density at radius 3 is 1.69 bits per heavy atom. The number of hydrogen-bond acceptors (Lipinski definition) is 1. The first kappa shape index (κ1) is 12.7. The molecule has 0 spiro atoms. The molecule has 0 fully saturated rings. The fourth-order valence-corrected chi connectivity index (χ4v) is 1.49. The van der Waals surface area contributed by atoms with Crippen LogP contribution in [0.25, 0.3) is 0 Å². The van der Waals surface area contributed by atoms with Crippen molar-refractivity contribution in [3.63, 3.8) is 0 Å². The molecular weight excluding hydrogens is 158 g/mol. The van der Waals surface area contributed by atoms with Crippen molar-refractivity contribution in [3.8, 4) is 0 Å². The van der Waals surface area contributed by atoms with Gasteiger partial charge in [0.25, 0.3) is 0 Å². The largest absolute Gasteiger partial charge is 0.330 e. The van der Waals surface area contributed by atoms with Crippen molar-refractivity contribution in [2.45, 2.75) is 57.8 Å². The van der Waals surface area contributed by atoms with Gasteiger partial charge in [-0.05, 0) is 25.8 Å². The maximum Gasteiger partial charge on any atom is -0.00773 e. The molecule has 0 saturated heterocycles. The van der Waals surface area contributed by atoms with Gasteiger partial charge in [-0.25, -0.2) is 0 Å². The van der Waals surface area contributed by atoms with Crippen molar-refractivity contribution in [1.82, 2.24) is 0 Å². The van der Waals surface area contributed by atoms with E-state index in [9.17, 15) is 0 Å². The zero-order chi connectivity index (χ0) is 9.78. The average Bonchev–Trinajstić information content (AvgIpc) is 2.16. The van der Waals surface area contributed by atoms with Crippen molar-refractivity contribution in [2.24, 2.45) is 5.73 Å². The van der Waals surface area contributed by atoms with Crippen molar-refractivity contribution in [1.29, 1.82) is 0 Å². The average molecular weight is 183 g/mol. The summed E-state index contributed by atoms with van der Waals surface area (Å²) in [6.07, 6.45) is 14.0. The van der Waals surface area contributed by atoms with Crippen molar-refractivity contribution < 1.29 is 0 Å². The van der Waals surface area contributed by atoms with Crippen LogP contribution in [0.4, 0.5) is 0 Å². The van der Waals surface area contributed by atoms with Gasteiger partial charge in [-0.15, -0.1) is 6.58 Å². The highest BCUT2D eigenvalue weighted by Crippen LogP contribution is 2.09. The van der Waals surface area contributed by atoms with E-state index in [-0.39, 0.29) is 0 Å². The predicted octanol–water partition coefficient (Wildman–Crippen LogP) is 3.64. The summed E-state index contributed by atoms with van der Waals surface area (Å²) in [7, 11) is 0. The molecule has 0 atom stereocenters. The van der Waals surface area contributed by atoms with Gasteiger partial charge in [0.2, 0.25) is 0 Å². The second-order valence-electron chi connectivity index (χ2n) is 3.69. The molecule has 0 saturated carbocycles. The Bertz CT molecular complexity index is 99.3. The first-order valence-corrected chi connectivity index (χ1v) is 5.72. The van der Waals surface area contributed by atoms with Crippen LogP contribution < -0.4 is 5.73 Å². The minimum atomic E-state index is 0.860. The molecule has 2 N–H and O–H groups in total. The van der Waals surface area contributed by atoms with Gasteiger partial charge in [0.1, 0.15) is 0 Å². The zero-order valence-electron chi connectivity index (χ0n) is 8.93. The highest BCUT2D eigenvalue weighted by atomic mass is 14.5. The van der Waals surface area contributed by atoms with Gasteiger partial charge in [0, 0.05) is 0 Å². The van der Waals surface area contributed by atoms with Gasteiger partial charge < -0.3 is 5.73 Å². The highest BCUT2D eigenvalue weighted by molar-refractivity contribution is 4.65. The molecule has 13 heavy (non-hydrogen) atoms. The molecule has 0 radical (unpaired) electrons. The quantitative estimate of drug-likeness (QED) is 0.406. The molecule has 0 amide bonds. The highest BCUT2D eigenvalue weighted by Gasteiger charge is 1.90. The Morgan fingerprint density at radius 1 is 0.769 bits per heavy atom. The number of allylic oxidation sites excluding steroid dienone is 1. The van der Waals surface area contributed by atoms with Crippen LogP contribution in [0.2, 0.25) is 0 Å². The second kappa shape index (κ2) is 11.7. The molecule has 0 aliphatic carbocycles. The van der Waals surface area contributed by atoms with Gasteiger partial charge in [-0.2, -0.15) is 0 Å². The van der Waals surface area contributed by atoms with Crippen molar-refractivity contribution in [3.05, 3.63) is 12.7 Å². The van der Waals surface area contributed by atoms with Gasteiger partial charge in [-0.3, -0.25) is 0 Å². The third-order valence-electron chi connectivity index (χ3n) is 2.36. The maximum absolute atomic E-state index is 5.41. The van der Waals surface area contributed by atoms with E-state index in [4.69, 9.17) is 5.73 Å². The van der Waals surface area contributed by atoms with Crippen LogP contribution in [0.1, 0.15) is 57.8 Å². The molecular formula is C12H25N. The molecule has 0 aromatic carbocycles. The monoisotopic (exact) mass is 183 g/mol. The molecule has 1 heteroatoms. The van der Waals surface area contributed by atoms with Crippen LogP contribution in [-0.2, 0) is 0 Å². The first-order valence-electron chi connectivity index (χ1n) is 5.72. The minimum absolute atomic E-state index is 0.860. The van der Waals surface area contributed by atoms with E-state index in [0.717, 1.165) is 6.54 Å². The molecule has 0 unspecified atom stereocenters. The smallest absolute Gasteiger partial charge is 0.00773 e. The maximum atomic E-state index is 5.41. The zero-order valence-corrected chi connectivity index (χ0v) is 8.93. The van der Waals surface area contributed by atoms with Crippen LogP contribution in [0.15, 0.2) is 12.7 Å². The Balaban J connectivity index is 2.79. The molecule has 78 valence electrons. The van der Waals surface area contributed by atoms with Crippen LogP contribution in [-0.4, -0.2) is 6.54 Å². The summed E-state index contributed by atoms with van der Waals surface area (Å²) in [6.45, 7) is 4.58. The predicted molar refractivity (Wildman–Crippen MR) is 60.8 cm³/mol. The number of nitrogens with two attached hydrogens (primary N) is 1. The molecule has 0 aromatic heterocycles. The van der Waals surface area contributed by atoms with Gasteiger partial charge in [-0.1, -0.05) is 44.6 Å². The van der Waals surface area contributed by atoms with E-state index in [1.54, 1.807) is 0 Å². The van der Waals surface area contributed by atoms with E-state index >= 15 is 0 Å². The molecule has 0 aliphatic heterocycles. The van der Waals surface area contributed by atoms with Crippen LogP contribution in [0.5, 0.6) is 0 Å². The Morgan fingerprint density at radius 2 is 1.23 bits per heavy atom. The summed E-state index contributed by atoms with van der Waals surface area (Å²) < 4.78 is 0. The van der Waals surface area contributed by atoms with Gasteiger partial charge >= 0.3 is 0 Å². The van der Waals surface area contributed by atoms with E-state index in [2.05, 4.69) is 6.58 Å². The Kier molecular flexibility index (Phi) is 11.4. The lowest BCUT2D eigenvalue weighted by atomic mass is 10.1. The third kappa shape index (κ3) is 11.7. The lowest BCUT2D eigenvalue weighted by Gasteiger charge is -2.00. The van der Waals surface area contributed by atoms with Crippen LogP contribution in [0, 0.1) is 0 Å².